The van der Waals surface area contributed by atoms with E-state index >= 15 is 0 Å². The first kappa shape index (κ1) is 19.3. The second-order valence-electron chi connectivity index (χ2n) is 6.52. The second-order valence-corrected chi connectivity index (χ2v) is 8.75. The molecule has 1 aromatic heterocycles. The van der Waals surface area contributed by atoms with Crippen molar-refractivity contribution in [3.63, 3.8) is 0 Å². The Morgan fingerprint density at radius 2 is 1.96 bits per heavy atom. The predicted molar refractivity (Wildman–Crippen MR) is 97.4 cm³/mol. The lowest BCUT2D eigenvalue weighted by Gasteiger charge is -2.34. The highest BCUT2D eigenvalue weighted by atomic mass is 32.2. The van der Waals surface area contributed by atoms with Gasteiger partial charge in [-0.1, -0.05) is 0 Å². The Morgan fingerprint density at radius 1 is 1.22 bits per heavy atom. The third kappa shape index (κ3) is 4.85. The SMILES string of the molecule is CCOC(=O)N1CCN(c2ccc(C(=O)NC3CCS(=O)(=O)C3)nn2)CC1. The van der Waals surface area contributed by atoms with Crippen molar-refractivity contribution in [3.05, 3.63) is 17.8 Å². The lowest BCUT2D eigenvalue weighted by molar-refractivity contribution is 0.0934. The molecule has 2 aliphatic rings. The Kier molecular flexibility index (Phi) is 5.78. The molecular weight excluding hydrogens is 374 g/mol. The maximum atomic E-state index is 12.2. The molecule has 11 heteroatoms. The standard InChI is InChI=1S/C16H23N5O5S/c1-2-26-16(23)21-8-6-20(7-9-21)14-4-3-13(18-19-14)15(22)17-12-5-10-27(24,25)11-12/h3-4,12H,2,5-11H2,1H3,(H,17,22). The van der Waals surface area contributed by atoms with Gasteiger partial charge in [0.1, 0.15) is 0 Å². The number of hydrogen-bond donors (Lipinski definition) is 1. The highest BCUT2D eigenvalue weighted by Gasteiger charge is 2.29. The van der Waals surface area contributed by atoms with Crippen LogP contribution in [0, 0.1) is 0 Å². The average Bonchev–Trinajstić information content (AvgIpc) is 3.00. The topological polar surface area (TPSA) is 122 Å². The number of sulfone groups is 1. The Morgan fingerprint density at radius 3 is 2.52 bits per heavy atom. The molecule has 0 radical (unpaired) electrons. The van der Waals surface area contributed by atoms with Gasteiger partial charge in [0.15, 0.2) is 21.3 Å². The molecule has 0 bridgehead atoms. The third-order valence-corrected chi connectivity index (χ3v) is 6.35. The molecule has 2 fully saturated rings. The molecule has 3 heterocycles. The van der Waals surface area contributed by atoms with Crippen LogP contribution in [0.5, 0.6) is 0 Å². The zero-order chi connectivity index (χ0) is 19.4. The van der Waals surface area contributed by atoms with Crippen molar-refractivity contribution in [2.24, 2.45) is 0 Å². The number of ether oxygens (including phenoxy) is 1. The fraction of sp³-hybridized carbons (Fsp3) is 0.625. The Balaban J connectivity index is 1.53. The lowest BCUT2D eigenvalue weighted by Crippen LogP contribution is -2.49. The molecule has 1 aromatic rings. The minimum atomic E-state index is -3.05. The summed E-state index contributed by atoms with van der Waals surface area (Å²) >= 11 is 0. The number of nitrogens with zero attached hydrogens (tertiary/aromatic N) is 4. The molecule has 3 rings (SSSR count). The molecule has 0 aromatic carbocycles. The molecule has 0 aliphatic carbocycles. The smallest absolute Gasteiger partial charge is 0.409 e. The average molecular weight is 397 g/mol. The van der Waals surface area contributed by atoms with Gasteiger partial charge < -0.3 is 19.9 Å². The van der Waals surface area contributed by atoms with Gasteiger partial charge in [-0.3, -0.25) is 4.79 Å². The van der Waals surface area contributed by atoms with Crippen LogP contribution in [-0.2, 0) is 14.6 Å². The number of carbonyl (C=O) groups is 2. The summed E-state index contributed by atoms with van der Waals surface area (Å²) in [7, 11) is -3.05. The van der Waals surface area contributed by atoms with Crippen LogP contribution in [0.4, 0.5) is 10.6 Å². The summed E-state index contributed by atoms with van der Waals surface area (Å²) in [5.74, 6) is 0.261. The van der Waals surface area contributed by atoms with Gasteiger partial charge in [-0.2, -0.15) is 0 Å². The van der Waals surface area contributed by atoms with E-state index in [9.17, 15) is 18.0 Å². The van der Waals surface area contributed by atoms with Gasteiger partial charge >= 0.3 is 6.09 Å². The van der Waals surface area contributed by atoms with Crippen LogP contribution in [0.25, 0.3) is 0 Å². The molecule has 1 N–H and O–H groups in total. The minimum Gasteiger partial charge on any atom is -0.450 e. The summed E-state index contributed by atoms with van der Waals surface area (Å²) in [6.45, 7) is 4.36. The maximum absolute atomic E-state index is 12.2. The van der Waals surface area contributed by atoms with Crippen molar-refractivity contribution >= 4 is 27.7 Å². The molecule has 1 unspecified atom stereocenters. The molecular formula is C16H23N5O5S. The fourth-order valence-corrected chi connectivity index (χ4v) is 4.79. The summed E-state index contributed by atoms with van der Waals surface area (Å²) in [5.41, 5.74) is 0.146. The molecule has 2 saturated heterocycles. The van der Waals surface area contributed by atoms with Crippen molar-refractivity contribution < 1.29 is 22.7 Å². The van der Waals surface area contributed by atoms with Crippen LogP contribution >= 0.6 is 0 Å². The number of anilines is 1. The predicted octanol–water partition coefficient (Wildman–Crippen LogP) is -0.328. The zero-order valence-electron chi connectivity index (χ0n) is 15.1. The minimum absolute atomic E-state index is 0.0327. The Hall–Kier alpha value is -2.43. The molecule has 27 heavy (non-hydrogen) atoms. The monoisotopic (exact) mass is 397 g/mol. The molecule has 10 nitrogen and oxygen atoms in total. The highest BCUT2D eigenvalue weighted by molar-refractivity contribution is 7.91. The third-order valence-electron chi connectivity index (χ3n) is 4.58. The summed E-state index contributed by atoms with van der Waals surface area (Å²) in [4.78, 5) is 27.5. The zero-order valence-corrected chi connectivity index (χ0v) is 15.9. The van der Waals surface area contributed by atoms with Crippen LogP contribution < -0.4 is 10.2 Å². The fourth-order valence-electron chi connectivity index (χ4n) is 3.12. The largest absolute Gasteiger partial charge is 0.450 e. The van der Waals surface area contributed by atoms with Gasteiger partial charge in [0.25, 0.3) is 5.91 Å². The van der Waals surface area contributed by atoms with Crippen LogP contribution in [0.3, 0.4) is 0 Å². The van der Waals surface area contributed by atoms with Crippen LogP contribution in [-0.4, -0.2) is 85.8 Å². The normalized spacial score (nSPS) is 21.7. The summed E-state index contributed by atoms with van der Waals surface area (Å²) in [5, 5.41) is 10.7. The van der Waals surface area contributed by atoms with Gasteiger partial charge in [-0.05, 0) is 25.5 Å². The van der Waals surface area contributed by atoms with Gasteiger partial charge in [-0.15, -0.1) is 10.2 Å². The van der Waals surface area contributed by atoms with Crippen molar-refractivity contribution in [2.45, 2.75) is 19.4 Å². The first-order valence-electron chi connectivity index (χ1n) is 8.89. The molecule has 148 valence electrons. The second kappa shape index (κ2) is 8.07. The van der Waals surface area contributed by atoms with E-state index in [4.69, 9.17) is 4.74 Å². The molecule has 0 saturated carbocycles. The first-order valence-corrected chi connectivity index (χ1v) is 10.7. The van der Waals surface area contributed by atoms with Gasteiger partial charge in [0, 0.05) is 32.2 Å². The van der Waals surface area contributed by atoms with Crippen LogP contribution in [0.15, 0.2) is 12.1 Å². The lowest BCUT2D eigenvalue weighted by atomic mass is 10.2. The molecule has 2 amide bonds. The first-order chi connectivity index (χ1) is 12.9. The van der Waals surface area contributed by atoms with Crippen LogP contribution in [0.1, 0.15) is 23.8 Å². The summed E-state index contributed by atoms with van der Waals surface area (Å²) in [6.07, 6.45) is 0.105. The van der Waals surface area contributed by atoms with Gasteiger partial charge in [0.05, 0.1) is 18.1 Å². The Labute approximate surface area is 157 Å². The number of nitrogens with one attached hydrogen (secondary N) is 1. The number of rotatable bonds is 4. The summed E-state index contributed by atoms with van der Waals surface area (Å²) < 4.78 is 27.9. The van der Waals surface area contributed by atoms with E-state index in [-0.39, 0.29) is 29.3 Å². The number of amides is 2. The van der Waals surface area contributed by atoms with E-state index in [0.717, 1.165) is 0 Å². The van der Waals surface area contributed by atoms with Crippen molar-refractivity contribution in [3.8, 4) is 0 Å². The van der Waals surface area contributed by atoms with E-state index in [0.29, 0.717) is 45.0 Å². The van der Waals surface area contributed by atoms with E-state index in [1.807, 2.05) is 4.90 Å². The Bertz CT molecular complexity index is 790. The number of piperazine rings is 1. The molecule has 1 atom stereocenters. The maximum Gasteiger partial charge on any atom is 0.409 e. The van der Waals surface area contributed by atoms with E-state index < -0.39 is 15.7 Å². The quantitative estimate of drug-likeness (QED) is 0.733. The van der Waals surface area contributed by atoms with Gasteiger partial charge in [-0.25, -0.2) is 13.2 Å². The van der Waals surface area contributed by atoms with E-state index in [1.165, 1.54) is 0 Å². The number of aromatic nitrogens is 2. The summed E-state index contributed by atoms with van der Waals surface area (Å²) in [6, 6.07) is 2.89. The van der Waals surface area contributed by atoms with Gasteiger partial charge in [0.2, 0.25) is 0 Å². The van der Waals surface area contributed by atoms with Crippen molar-refractivity contribution in [2.75, 3.05) is 49.2 Å². The van der Waals surface area contributed by atoms with Crippen molar-refractivity contribution in [1.29, 1.82) is 0 Å². The van der Waals surface area contributed by atoms with Crippen LogP contribution in [0.2, 0.25) is 0 Å². The number of hydrogen-bond acceptors (Lipinski definition) is 8. The molecule has 0 spiro atoms. The number of carbonyl (C=O) groups excluding carboxylic acids is 2. The molecule has 2 aliphatic heterocycles. The van der Waals surface area contributed by atoms with E-state index in [1.54, 1.807) is 24.0 Å². The van der Waals surface area contributed by atoms with Crippen molar-refractivity contribution in [1.82, 2.24) is 20.4 Å². The highest BCUT2D eigenvalue weighted by Crippen LogP contribution is 2.15. The van der Waals surface area contributed by atoms with E-state index in [2.05, 4.69) is 15.5 Å².